The lowest BCUT2D eigenvalue weighted by atomic mass is 9.95. The van der Waals surface area contributed by atoms with Crippen LogP contribution in [0.1, 0.15) is 117 Å². The van der Waals surface area contributed by atoms with E-state index >= 15 is 0 Å². The van der Waals surface area contributed by atoms with Gasteiger partial charge in [-0.25, -0.2) is 9.59 Å². The smallest absolute Gasteiger partial charge is 0.338 e. The van der Waals surface area contributed by atoms with Gasteiger partial charge in [0.05, 0.1) is 50.8 Å². The first-order valence-corrected chi connectivity index (χ1v) is 31.6. The number of methoxy groups -OCH3 is 1. The summed E-state index contributed by atoms with van der Waals surface area (Å²) < 4.78 is 103. The molecule has 0 N–H and O–H groups in total. The molecule has 3 fully saturated rings. The van der Waals surface area contributed by atoms with Crippen LogP contribution in [0.15, 0.2) is 152 Å². The van der Waals surface area contributed by atoms with Gasteiger partial charge < -0.3 is 75.8 Å². The molecule has 0 aliphatic carbocycles. The maximum atomic E-state index is 14.5. The third-order valence-corrected chi connectivity index (χ3v) is 15.6. The SMILES string of the molecule is COC(=O)CCCCCCCCOC1OC(C)C(OC2OC(COCc3ccccc3)C(OCc3ccccc3)C(OCc3ccccc3)C2OC2OC(COC(C)=O)C(OC(=O)c3ccccc3)C(OC(=O)c3ccccc3)C2OC(C)=O)C(OC(C)=O)C1OC(C)=O. The molecule has 5 aromatic rings. The van der Waals surface area contributed by atoms with Crippen LogP contribution in [-0.4, -0.2) is 161 Å². The van der Waals surface area contributed by atoms with Gasteiger partial charge in [-0.05, 0) is 60.7 Å². The van der Waals surface area contributed by atoms with E-state index < -0.39 is 135 Å². The van der Waals surface area contributed by atoms with Gasteiger partial charge in [-0.1, -0.05) is 153 Å². The fraction of sp³-hybridized carbons (Fsp3) is 0.479. The van der Waals surface area contributed by atoms with Gasteiger partial charge in [0.15, 0.2) is 49.4 Å². The van der Waals surface area contributed by atoms with E-state index in [9.17, 15) is 33.6 Å². The van der Waals surface area contributed by atoms with Gasteiger partial charge >= 0.3 is 41.8 Å². The molecule has 3 heterocycles. The molecule has 94 heavy (non-hydrogen) atoms. The highest BCUT2D eigenvalue weighted by atomic mass is 16.8. The number of esters is 7. The van der Waals surface area contributed by atoms with E-state index in [1.54, 1.807) is 43.3 Å². The lowest BCUT2D eigenvalue weighted by Crippen LogP contribution is -2.68. The molecule has 15 atom stereocenters. The fourth-order valence-electron chi connectivity index (χ4n) is 11.1. The lowest BCUT2D eigenvalue weighted by Gasteiger charge is -2.51. The first kappa shape index (κ1) is 71.9. The van der Waals surface area contributed by atoms with Crippen LogP contribution in [0.2, 0.25) is 0 Å². The van der Waals surface area contributed by atoms with Crippen molar-refractivity contribution >= 4 is 41.8 Å². The Morgan fingerprint density at radius 3 is 1.33 bits per heavy atom. The summed E-state index contributed by atoms with van der Waals surface area (Å²) in [4.78, 5) is 93.3. The second-order valence-corrected chi connectivity index (χ2v) is 22.8. The summed E-state index contributed by atoms with van der Waals surface area (Å²) >= 11 is 0. The normalized spacial score (nSPS) is 25.8. The number of hydrogen-bond donors (Lipinski definition) is 0. The molecule has 0 amide bonds. The summed E-state index contributed by atoms with van der Waals surface area (Å²) in [6.07, 6.45) is -17.4. The zero-order valence-electron chi connectivity index (χ0n) is 53.7. The molecule has 3 saturated heterocycles. The summed E-state index contributed by atoms with van der Waals surface area (Å²) in [6, 6.07) is 43.8. The van der Waals surface area contributed by atoms with Gasteiger partial charge in [-0.3, -0.25) is 24.0 Å². The molecule has 3 aliphatic heterocycles. The van der Waals surface area contributed by atoms with Crippen LogP contribution >= 0.6 is 0 Å². The predicted molar refractivity (Wildman–Crippen MR) is 332 cm³/mol. The van der Waals surface area contributed by atoms with Crippen molar-refractivity contribution in [3.8, 4) is 0 Å². The standard InChI is InChI=1S/C71H84O23/c1-45-58(62(86-47(3)73)65(87-48(4)74)69(85-45)81-39-27-10-8-7-9-26-38-57(76)79-6)93-70-64(61(84-42-52-32-20-13-21-33-52)59(83-41-51-30-18-12-19-31-51)55(89-70)43-80-40-50-28-16-11-17-29-50)94-71-66(88-49(5)75)63(92-68(78)54-36-24-15-25-37-54)60(56(90-71)44-82-46(2)72)91-67(77)53-34-22-14-23-35-53/h11-25,28-37,45,55-56,58-66,69-71H,7-10,26-27,38-44H2,1-6H3. The van der Waals surface area contributed by atoms with Crippen LogP contribution < -0.4 is 0 Å². The van der Waals surface area contributed by atoms with Crippen molar-refractivity contribution in [3.05, 3.63) is 179 Å². The van der Waals surface area contributed by atoms with Gasteiger partial charge in [0.1, 0.15) is 43.2 Å². The maximum absolute atomic E-state index is 14.5. The number of unbranched alkanes of at least 4 members (excludes halogenated alkanes) is 5. The van der Waals surface area contributed by atoms with E-state index in [1.165, 1.54) is 45.2 Å². The Hall–Kier alpha value is -7.97. The molecule has 0 saturated carbocycles. The van der Waals surface area contributed by atoms with E-state index in [-0.39, 0.29) is 50.1 Å². The first-order chi connectivity index (χ1) is 45.5. The molecular formula is C71H84O23. The van der Waals surface area contributed by atoms with Gasteiger partial charge in [-0.2, -0.15) is 0 Å². The minimum absolute atomic E-state index is 0.00947. The van der Waals surface area contributed by atoms with Gasteiger partial charge in [0.2, 0.25) is 0 Å². The van der Waals surface area contributed by atoms with Gasteiger partial charge in [0.25, 0.3) is 0 Å². The van der Waals surface area contributed by atoms with E-state index in [4.69, 9.17) is 75.8 Å². The second kappa shape index (κ2) is 37.2. The highest BCUT2D eigenvalue weighted by Crippen LogP contribution is 2.39. The first-order valence-electron chi connectivity index (χ1n) is 31.6. The van der Waals surface area contributed by atoms with Crippen molar-refractivity contribution in [2.45, 2.75) is 192 Å². The van der Waals surface area contributed by atoms with E-state index in [0.29, 0.717) is 24.8 Å². The average Bonchev–Trinajstić information content (AvgIpc) is 0.760. The average molecular weight is 1310 g/mol. The highest BCUT2D eigenvalue weighted by Gasteiger charge is 2.59. The largest absolute Gasteiger partial charge is 0.469 e. The summed E-state index contributed by atoms with van der Waals surface area (Å²) in [7, 11) is 1.36. The number of ether oxygens (including phenoxy) is 16. The Balaban J connectivity index is 1.23. The van der Waals surface area contributed by atoms with Gasteiger partial charge in [0, 0.05) is 40.7 Å². The molecule has 8 rings (SSSR count). The molecule has 0 radical (unpaired) electrons. The van der Waals surface area contributed by atoms with Crippen molar-refractivity contribution in [1.82, 2.24) is 0 Å². The van der Waals surface area contributed by atoms with Crippen molar-refractivity contribution in [1.29, 1.82) is 0 Å². The molecule has 0 aromatic heterocycles. The summed E-state index contributed by atoms with van der Waals surface area (Å²) in [5.74, 6) is -5.32. The molecule has 3 aliphatic rings. The van der Waals surface area contributed by atoms with Gasteiger partial charge in [-0.15, -0.1) is 0 Å². The minimum Gasteiger partial charge on any atom is -0.469 e. The summed E-state index contributed by atoms with van der Waals surface area (Å²) in [5.41, 5.74) is 2.47. The summed E-state index contributed by atoms with van der Waals surface area (Å²) in [6.45, 7) is 5.66. The zero-order chi connectivity index (χ0) is 66.8. The maximum Gasteiger partial charge on any atom is 0.338 e. The second-order valence-electron chi connectivity index (χ2n) is 22.8. The number of rotatable bonds is 33. The minimum atomic E-state index is -1.90. The third-order valence-electron chi connectivity index (χ3n) is 15.6. The topological polar surface area (TPSA) is 267 Å². The van der Waals surface area contributed by atoms with Crippen molar-refractivity contribution in [2.24, 2.45) is 0 Å². The van der Waals surface area contributed by atoms with Crippen molar-refractivity contribution in [3.63, 3.8) is 0 Å². The Kier molecular flexibility index (Phi) is 28.4. The number of benzene rings is 5. The third kappa shape index (κ3) is 21.8. The Morgan fingerprint density at radius 1 is 0.383 bits per heavy atom. The molecule has 23 heteroatoms. The Morgan fingerprint density at radius 2 is 0.809 bits per heavy atom. The molecule has 506 valence electrons. The van der Waals surface area contributed by atoms with E-state index in [1.807, 2.05) is 91.0 Å². The number of carbonyl (C=O) groups excluding carboxylic acids is 7. The lowest BCUT2D eigenvalue weighted by molar-refractivity contribution is -0.392. The number of carbonyl (C=O) groups is 7. The Labute approximate surface area is 547 Å². The van der Waals surface area contributed by atoms with E-state index in [2.05, 4.69) is 0 Å². The van der Waals surface area contributed by atoms with E-state index in [0.717, 1.165) is 50.7 Å². The van der Waals surface area contributed by atoms with Crippen LogP contribution in [-0.2, 0) is 120 Å². The fourth-order valence-corrected chi connectivity index (χ4v) is 11.1. The molecule has 5 aromatic carbocycles. The quantitative estimate of drug-likeness (QED) is 0.0215. The van der Waals surface area contributed by atoms with Crippen LogP contribution in [0.5, 0.6) is 0 Å². The van der Waals surface area contributed by atoms with Crippen LogP contribution in [0.3, 0.4) is 0 Å². The van der Waals surface area contributed by atoms with Crippen LogP contribution in [0, 0.1) is 0 Å². The number of hydrogen-bond acceptors (Lipinski definition) is 23. The summed E-state index contributed by atoms with van der Waals surface area (Å²) in [5, 5.41) is 0. The molecule has 23 nitrogen and oxygen atoms in total. The van der Waals surface area contributed by atoms with Crippen molar-refractivity contribution in [2.75, 3.05) is 26.9 Å². The van der Waals surface area contributed by atoms with Crippen LogP contribution in [0.4, 0.5) is 0 Å². The molecular weight excluding hydrogens is 1220 g/mol. The Bertz CT molecular complexity index is 3140. The van der Waals surface area contributed by atoms with Crippen LogP contribution in [0.25, 0.3) is 0 Å². The zero-order valence-corrected chi connectivity index (χ0v) is 53.7. The van der Waals surface area contributed by atoms with Crippen molar-refractivity contribution < 1.29 is 109 Å². The molecule has 15 unspecified atom stereocenters. The monoisotopic (exact) mass is 1300 g/mol. The predicted octanol–water partition coefficient (Wildman–Crippen LogP) is 9.07. The molecule has 0 bridgehead atoms. The highest BCUT2D eigenvalue weighted by molar-refractivity contribution is 5.90. The molecule has 0 spiro atoms.